The van der Waals surface area contributed by atoms with Crippen LogP contribution >= 0.6 is 0 Å². The molecule has 0 spiro atoms. The first kappa shape index (κ1) is 20.6. The van der Waals surface area contributed by atoms with Crippen LogP contribution in [0.2, 0.25) is 0 Å². The molecule has 0 aromatic heterocycles. The van der Waals surface area contributed by atoms with E-state index in [4.69, 9.17) is 0 Å². The highest BCUT2D eigenvalue weighted by atomic mass is 14.7. The number of allylic oxidation sites excluding steroid dienone is 1. The van der Waals surface area contributed by atoms with Gasteiger partial charge in [0, 0.05) is 0 Å². The van der Waals surface area contributed by atoms with E-state index in [1.165, 1.54) is 76.2 Å². The van der Waals surface area contributed by atoms with Gasteiger partial charge in [-0.25, -0.2) is 0 Å². The maximum atomic E-state index is 4.40. The van der Waals surface area contributed by atoms with Gasteiger partial charge in [-0.3, -0.25) is 0 Å². The van der Waals surface area contributed by atoms with E-state index in [-0.39, 0.29) is 0 Å². The molecule has 0 heteroatoms. The monoisotopic (exact) mass is 396 g/mol. The summed E-state index contributed by atoms with van der Waals surface area (Å²) in [5.74, 6) is 5.71. The molecular weight excluding hydrogens is 348 g/mol. The highest BCUT2D eigenvalue weighted by Gasteiger charge is 2.67. The van der Waals surface area contributed by atoms with Gasteiger partial charge in [-0.15, -0.1) is 0 Å². The molecule has 5 aliphatic rings. The molecule has 0 saturated heterocycles. The first-order chi connectivity index (χ1) is 13.5. The van der Waals surface area contributed by atoms with Gasteiger partial charge in [-0.05, 0) is 128 Å². The molecule has 0 radical (unpaired) electrons. The second-order valence-corrected chi connectivity index (χ2v) is 13.9. The number of hydrogen-bond acceptors (Lipinski definition) is 0. The summed E-state index contributed by atoms with van der Waals surface area (Å²) in [4.78, 5) is 0. The van der Waals surface area contributed by atoms with Crippen LogP contribution in [0.15, 0.2) is 12.2 Å². The normalized spacial score (nSPS) is 55.9. The Morgan fingerprint density at radius 2 is 1.41 bits per heavy atom. The van der Waals surface area contributed by atoms with Crippen molar-refractivity contribution in [2.45, 2.75) is 112 Å². The molecular formula is C29H48. The van der Waals surface area contributed by atoms with Crippen molar-refractivity contribution in [3.63, 3.8) is 0 Å². The molecule has 164 valence electrons. The summed E-state index contributed by atoms with van der Waals surface area (Å²) in [5, 5.41) is 0. The summed E-state index contributed by atoms with van der Waals surface area (Å²) in [7, 11) is 0. The molecule has 0 aliphatic heterocycles. The molecule has 0 nitrogen and oxygen atoms in total. The fourth-order valence-electron chi connectivity index (χ4n) is 11.3. The average molecular weight is 397 g/mol. The van der Waals surface area contributed by atoms with Crippen molar-refractivity contribution in [2.24, 2.45) is 57.2 Å². The smallest absolute Gasteiger partial charge is 0.0177 e. The van der Waals surface area contributed by atoms with Crippen LogP contribution in [0.25, 0.3) is 0 Å². The molecule has 0 bridgehead atoms. The van der Waals surface area contributed by atoms with Crippen LogP contribution in [-0.4, -0.2) is 0 Å². The minimum atomic E-state index is 0.559. The number of hydrogen-bond donors (Lipinski definition) is 0. The SMILES string of the molecule is C=C(C)[C@H]1CC[C@@H]2C3CC[C@@H]4[C@@]5(C)CCCC(C)(C)[C@@H]5CC[C@@]4(C)[C@]3(C)CC[C@@H]12. The fourth-order valence-corrected chi connectivity index (χ4v) is 11.3. The van der Waals surface area contributed by atoms with E-state index in [9.17, 15) is 0 Å². The van der Waals surface area contributed by atoms with Crippen molar-refractivity contribution in [2.75, 3.05) is 0 Å². The lowest BCUT2D eigenvalue weighted by Gasteiger charge is -2.71. The van der Waals surface area contributed by atoms with Gasteiger partial charge in [-0.2, -0.15) is 0 Å². The molecule has 0 aromatic rings. The van der Waals surface area contributed by atoms with E-state index < -0.39 is 0 Å². The van der Waals surface area contributed by atoms with Crippen molar-refractivity contribution in [1.82, 2.24) is 0 Å². The van der Waals surface area contributed by atoms with Crippen molar-refractivity contribution >= 4 is 0 Å². The third-order valence-corrected chi connectivity index (χ3v) is 12.7. The topological polar surface area (TPSA) is 0 Å². The summed E-state index contributed by atoms with van der Waals surface area (Å²) < 4.78 is 0. The third kappa shape index (κ3) is 2.56. The van der Waals surface area contributed by atoms with Crippen molar-refractivity contribution < 1.29 is 0 Å². The molecule has 1 unspecified atom stereocenters. The van der Waals surface area contributed by atoms with Crippen LogP contribution in [0.5, 0.6) is 0 Å². The van der Waals surface area contributed by atoms with Crippen LogP contribution in [0.3, 0.4) is 0 Å². The Morgan fingerprint density at radius 3 is 2.14 bits per heavy atom. The Labute approximate surface area is 181 Å². The van der Waals surface area contributed by atoms with Gasteiger partial charge in [0.15, 0.2) is 0 Å². The van der Waals surface area contributed by atoms with Gasteiger partial charge in [0.05, 0.1) is 0 Å². The Morgan fingerprint density at radius 1 is 0.690 bits per heavy atom. The van der Waals surface area contributed by atoms with Crippen LogP contribution < -0.4 is 0 Å². The van der Waals surface area contributed by atoms with E-state index in [0.29, 0.717) is 21.7 Å². The predicted molar refractivity (Wildman–Crippen MR) is 125 cm³/mol. The minimum Gasteiger partial charge on any atom is -0.0999 e. The summed E-state index contributed by atoms with van der Waals surface area (Å²) >= 11 is 0. The quantitative estimate of drug-likeness (QED) is 0.389. The molecule has 5 fully saturated rings. The Balaban J connectivity index is 1.49. The Kier molecular flexibility index (Phi) is 4.54. The predicted octanol–water partition coefficient (Wildman–Crippen LogP) is 8.66. The lowest BCUT2D eigenvalue weighted by atomic mass is 9.33. The first-order valence-corrected chi connectivity index (χ1v) is 13.2. The average Bonchev–Trinajstić information content (AvgIpc) is 3.05. The van der Waals surface area contributed by atoms with E-state index in [0.717, 1.165) is 35.5 Å². The zero-order chi connectivity index (χ0) is 20.8. The third-order valence-electron chi connectivity index (χ3n) is 12.7. The molecule has 0 heterocycles. The van der Waals surface area contributed by atoms with Crippen LogP contribution in [0, 0.1) is 57.2 Å². The van der Waals surface area contributed by atoms with Crippen molar-refractivity contribution in [3.8, 4) is 0 Å². The van der Waals surface area contributed by atoms with E-state index in [1.54, 1.807) is 0 Å². The molecule has 0 amide bonds. The second kappa shape index (κ2) is 6.38. The highest BCUT2D eigenvalue weighted by molar-refractivity contribution is 5.18. The summed E-state index contributed by atoms with van der Waals surface area (Å²) in [5.41, 5.74) is 3.79. The Bertz CT molecular complexity index is 686. The second-order valence-electron chi connectivity index (χ2n) is 13.9. The van der Waals surface area contributed by atoms with Gasteiger partial charge < -0.3 is 0 Å². The highest BCUT2D eigenvalue weighted by Crippen LogP contribution is 2.75. The van der Waals surface area contributed by atoms with Crippen molar-refractivity contribution in [1.29, 1.82) is 0 Å². The Hall–Kier alpha value is -0.260. The molecule has 5 rings (SSSR count). The zero-order valence-electron chi connectivity index (χ0n) is 20.4. The summed E-state index contributed by atoms with van der Waals surface area (Å²) in [6.07, 6.45) is 16.4. The minimum absolute atomic E-state index is 0.559. The van der Waals surface area contributed by atoms with Crippen LogP contribution in [0.4, 0.5) is 0 Å². The van der Waals surface area contributed by atoms with Crippen molar-refractivity contribution in [3.05, 3.63) is 12.2 Å². The van der Waals surface area contributed by atoms with Gasteiger partial charge in [0.1, 0.15) is 0 Å². The molecule has 9 atom stereocenters. The van der Waals surface area contributed by atoms with Crippen LogP contribution in [0.1, 0.15) is 112 Å². The first-order valence-electron chi connectivity index (χ1n) is 13.2. The van der Waals surface area contributed by atoms with Gasteiger partial charge in [-0.1, -0.05) is 53.2 Å². The van der Waals surface area contributed by atoms with Gasteiger partial charge in [0.2, 0.25) is 0 Å². The molecule has 29 heavy (non-hydrogen) atoms. The van der Waals surface area contributed by atoms with E-state index in [1.807, 2.05) is 0 Å². The zero-order valence-corrected chi connectivity index (χ0v) is 20.4. The van der Waals surface area contributed by atoms with Gasteiger partial charge >= 0.3 is 0 Å². The molecule has 0 aromatic carbocycles. The van der Waals surface area contributed by atoms with Crippen LogP contribution in [-0.2, 0) is 0 Å². The number of fused-ring (bicyclic) bond motifs is 7. The maximum absolute atomic E-state index is 4.40. The lowest BCUT2D eigenvalue weighted by molar-refractivity contribution is -0.226. The largest absolute Gasteiger partial charge is 0.0999 e. The number of rotatable bonds is 1. The molecule has 0 N–H and O–H groups in total. The summed E-state index contributed by atoms with van der Waals surface area (Å²) in [6.45, 7) is 20.2. The standard InChI is InChI=1S/C29H48/c1-19(2)20-9-10-22-21(20)13-17-28(6)23(22)11-12-25-27(5)16-8-15-26(3,4)24(27)14-18-29(25,28)7/h20-25H,1,8-18H2,2-7H3/t20-,21+,22+,23?,24+,25-,27+,28-,29-/m1/s1. The molecule has 5 saturated carbocycles. The maximum Gasteiger partial charge on any atom is -0.0177 e. The lowest BCUT2D eigenvalue weighted by Crippen LogP contribution is -2.64. The van der Waals surface area contributed by atoms with E-state index in [2.05, 4.69) is 48.1 Å². The molecule has 5 aliphatic carbocycles. The van der Waals surface area contributed by atoms with Gasteiger partial charge in [0.25, 0.3) is 0 Å². The summed E-state index contributed by atoms with van der Waals surface area (Å²) in [6, 6.07) is 0. The van der Waals surface area contributed by atoms with E-state index >= 15 is 0 Å². The fraction of sp³-hybridized carbons (Fsp3) is 0.931.